The number of aromatic amines is 1. The molecule has 1 atom stereocenters. The molecule has 0 bridgehead atoms. The van der Waals surface area contributed by atoms with Gasteiger partial charge in [-0.1, -0.05) is 0 Å². The maximum atomic E-state index is 5.62. The van der Waals surface area contributed by atoms with Gasteiger partial charge in [-0.2, -0.15) is 0 Å². The average molecular weight is 233 g/mol. The second kappa shape index (κ2) is 4.31. The van der Waals surface area contributed by atoms with E-state index in [0.29, 0.717) is 17.5 Å². The molecule has 0 radical (unpaired) electrons. The Bertz CT molecular complexity index is 518. The molecule has 17 heavy (non-hydrogen) atoms. The number of nitrogens with one attached hydrogen (secondary N) is 2. The number of morpholine rings is 1. The van der Waals surface area contributed by atoms with Gasteiger partial charge < -0.3 is 20.8 Å². The molecule has 1 aliphatic rings. The van der Waals surface area contributed by atoms with Crippen molar-refractivity contribution >= 4 is 17.0 Å². The maximum absolute atomic E-state index is 5.62. The number of ether oxygens (including phenoxy) is 1. The smallest absolute Gasteiger partial charge is 0.179 e. The fourth-order valence-corrected chi connectivity index (χ4v) is 2.04. The predicted octanol–water partition coefficient (Wildman–Crippen LogP) is 0.0710. The highest BCUT2D eigenvalue weighted by atomic mass is 16.5. The number of rotatable bonds is 2. The standard InChI is InChI=1S/C11H15N5O/c12-9-2-1-8-11(15-9)16-10(14-8)5-7-6-17-4-3-13-7/h1-2,7,13H,3-6H2,(H3,12,14,15,16). The highest BCUT2D eigenvalue weighted by Crippen LogP contribution is 2.12. The first-order valence-corrected chi connectivity index (χ1v) is 5.73. The van der Waals surface area contributed by atoms with Crippen molar-refractivity contribution in [3.05, 3.63) is 18.0 Å². The van der Waals surface area contributed by atoms with Crippen molar-refractivity contribution in [2.24, 2.45) is 0 Å². The Morgan fingerprint density at radius 3 is 3.18 bits per heavy atom. The van der Waals surface area contributed by atoms with Crippen LogP contribution in [0.3, 0.4) is 0 Å². The summed E-state index contributed by atoms with van der Waals surface area (Å²) in [4.78, 5) is 11.8. The molecule has 4 N–H and O–H groups in total. The molecule has 1 unspecified atom stereocenters. The number of hydrogen-bond acceptors (Lipinski definition) is 5. The molecule has 2 aromatic heterocycles. The van der Waals surface area contributed by atoms with Crippen LogP contribution in [0.5, 0.6) is 0 Å². The number of anilines is 1. The Balaban J connectivity index is 1.80. The molecular weight excluding hydrogens is 218 g/mol. The van der Waals surface area contributed by atoms with Crippen LogP contribution in [0.15, 0.2) is 12.1 Å². The molecule has 0 spiro atoms. The van der Waals surface area contributed by atoms with E-state index in [2.05, 4.69) is 20.3 Å². The van der Waals surface area contributed by atoms with Crippen LogP contribution in [-0.2, 0) is 11.2 Å². The van der Waals surface area contributed by atoms with Crippen LogP contribution >= 0.6 is 0 Å². The monoisotopic (exact) mass is 233 g/mol. The van der Waals surface area contributed by atoms with Crippen molar-refractivity contribution in [2.45, 2.75) is 12.5 Å². The molecule has 1 fully saturated rings. The molecule has 2 aromatic rings. The van der Waals surface area contributed by atoms with E-state index in [0.717, 1.165) is 37.5 Å². The number of pyridine rings is 1. The molecule has 0 aromatic carbocycles. The van der Waals surface area contributed by atoms with E-state index >= 15 is 0 Å². The van der Waals surface area contributed by atoms with E-state index in [1.807, 2.05) is 6.07 Å². The van der Waals surface area contributed by atoms with Gasteiger partial charge in [0.2, 0.25) is 0 Å². The van der Waals surface area contributed by atoms with Crippen molar-refractivity contribution in [1.29, 1.82) is 0 Å². The van der Waals surface area contributed by atoms with Crippen LogP contribution in [0.1, 0.15) is 5.82 Å². The van der Waals surface area contributed by atoms with Gasteiger partial charge in [0.1, 0.15) is 11.6 Å². The number of nitrogens with two attached hydrogens (primary N) is 1. The summed E-state index contributed by atoms with van der Waals surface area (Å²) in [6.45, 7) is 2.41. The average Bonchev–Trinajstić information content (AvgIpc) is 2.71. The van der Waals surface area contributed by atoms with Crippen LogP contribution in [0, 0.1) is 0 Å². The molecule has 3 heterocycles. The third-order valence-electron chi connectivity index (χ3n) is 2.85. The first-order chi connectivity index (χ1) is 8.31. The quantitative estimate of drug-likeness (QED) is 0.683. The van der Waals surface area contributed by atoms with Crippen molar-refractivity contribution in [2.75, 3.05) is 25.5 Å². The Labute approximate surface area is 98.6 Å². The Morgan fingerprint density at radius 2 is 2.35 bits per heavy atom. The summed E-state index contributed by atoms with van der Waals surface area (Å²) >= 11 is 0. The molecule has 0 aliphatic carbocycles. The minimum Gasteiger partial charge on any atom is -0.384 e. The third-order valence-corrected chi connectivity index (χ3v) is 2.85. The molecule has 0 amide bonds. The zero-order valence-electron chi connectivity index (χ0n) is 9.44. The van der Waals surface area contributed by atoms with E-state index in [4.69, 9.17) is 10.5 Å². The minimum atomic E-state index is 0.321. The lowest BCUT2D eigenvalue weighted by molar-refractivity contribution is 0.0765. The third kappa shape index (κ3) is 2.22. The van der Waals surface area contributed by atoms with Crippen LogP contribution in [0.25, 0.3) is 11.2 Å². The normalized spacial score (nSPS) is 20.8. The lowest BCUT2D eigenvalue weighted by Crippen LogP contribution is -2.42. The Kier molecular flexibility index (Phi) is 2.66. The molecule has 6 heteroatoms. The summed E-state index contributed by atoms with van der Waals surface area (Å²) < 4.78 is 5.41. The van der Waals surface area contributed by atoms with Gasteiger partial charge >= 0.3 is 0 Å². The minimum absolute atomic E-state index is 0.321. The van der Waals surface area contributed by atoms with Crippen molar-refractivity contribution < 1.29 is 4.74 Å². The number of aromatic nitrogens is 3. The summed E-state index contributed by atoms with van der Waals surface area (Å²) in [5.74, 6) is 1.41. The molecule has 1 saturated heterocycles. The summed E-state index contributed by atoms with van der Waals surface area (Å²) in [5, 5.41) is 3.39. The van der Waals surface area contributed by atoms with Crippen LogP contribution in [0.2, 0.25) is 0 Å². The largest absolute Gasteiger partial charge is 0.384 e. The Morgan fingerprint density at radius 1 is 1.41 bits per heavy atom. The zero-order chi connectivity index (χ0) is 11.7. The van der Waals surface area contributed by atoms with Crippen molar-refractivity contribution in [3.63, 3.8) is 0 Å². The number of nitrogens with zero attached hydrogens (tertiary/aromatic N) is 2. The zero-order valence-corrected chi connectivity index (χ0v) is 9.44. The summed E-state index contributed by atoms with van der Waals surface area (Å²) in [5.41, 5.74) is 7.22. The first kappa shape index (κ1) is 10.5. The second-order valence-corrected chi connectivity index (χ2v) is 4.22. The number of H-pyrrole nitrogens is 1. The maximum Gasteiger partial charge on any atom is 0.179 e. The lowest BCUT2D eigenvalue weighted by atomic mass is 10.2. The number of nitrogen functional groups attached to an aromatic ring is 1. The topological polar surface area (TPSA) is 88.9 Å². The highest BCUT2D eigenvalue weighted by Gasteiger charge is 2.15. The van der Waals surface area contributed by atoms with E-state index in [-0.39, 0.29) is 0 Å². The molecule has 6 nitrogen and oxygen atoms in total. The van der Waals surface area contributed by atoms with Crippen LogP contribution in [-0.4, -0.2) is 40.8 Å². The van der Waals surface area contributed by atoms with E-state index < -0.39 is 0 Å². The second-order valence-electron chi connectivity index (χ2n) is 4.22. The predicted molar refractivity (Wildman–Crippen MR) is 64.6 cm³/mol. The van der Waals surface area contributed by atoms with E-state index in [9.17, 15) is 0 Å². The van der Waals surface area contributed by atoms with Gasteiger partial charge in [-0.25, -0.2) is 9.97 Å². The number of imidazole rings is 1. The molecule has 90 valence electrons. The molecule has 3 rings (SSSR count). The SMILES string of the molecule is Nc1ccc2[nH]c(CC3COCCN3)nc2n1. The van der Waals surface area contributed by atoms with Crippen LogP contribution in [0.4, 0.5) is 5.82 Å². The summed E-state index contributed by atoms with van der Waals surface area (Å²) in [6, 6.07) is 3.99. The molecular formula is C11H15N5O. The van der Waals surface area contributed by atoms with E-state index in [1.165, 1.54) is 0 Å². The van der Waals surface area contributed by atoms with Crippen molar-refractivity contribution in [1.82, 2.24) is 20.3 Å². The summed E-state index contributed by atoms with van der Waals surface area (Å²) in [7, 11) is 0. The highest BCUT2D eigenvalue weighted by molar-refractivity contribution is 5.72. The number of fused-ring (bicyclic) bond motifs is 1. The Hall–Kier alpha value is -1.66. The van der Waals surface area contributed by atoms with Gasteiger partial charge in [0.15, 0.2) is 5.65 Å². The van der Waals surface area contributed by atoms with E-state index in [1.54, 1.807) is 6.07 Å². The van der Waals surface area contributed by atoms with Gasteiger partial charge in [0.25, 0.3) is 0 Å². The van der Waals surface area contributed by atoms with Gasteiger partial charge in [-0.15, -0.1) is 0 Å². The lowest BCUT2D eigenvalue weighted by Gasteiger charge is -2.22. The fraction of sp³-hybridized carbons (Fsp3) is 0.455. The van der Waals surface area contributed by atoms with Gasteiger partial charge in [-0.05, 0) is 12.1 Å². The van der Waals surface area contributed by atoms with Crippen LogP contribution < -0.4 is 11.1 Å². The first-order valence-electron chi connectivity index (χ1n) is 5.73. The molecule has 0 saturated carbocycles. The molecule has 1 aliphatic heterocycles. The summed E-state index contributed by atoms with van der Waals surface area (Å²) in [6.07, 6.45) is 0.816. The van der Waals surface area contributed by atoms with Crippen molar-refractivity contribution in [3.8, 4) is 0 Å². The van der Waals surface area contributed by atoms with Gasteiger partial charge in [-0.3, -0.25) is 0 Å². The van der Waals surface area contributed by atoms with Gasteiger partial charge in [0.05, 0.1) is 18.7 Å². The van der Waals surface area contributed by atoms with Gasteiger partial charge in [0, 0.05) is 19.0 Å². The number of hydrogen-bond donors (Lipinski definition) is 3. The fourth-order valence-electron chi connectivity index (χ4n) is 2.04.